The molecule has 5 rings (SSSR count). The fraction of sp³-hybridized carbons (Fsp3) is 0.214. The van der Waals surface area contributed by atoms with Crippen molar-refractivity contribution in [2.24, 2.45) is 0 Å². The van der Waals surface area contributed by atoms with E-state index in [1.165, 1.54) is 21.3 Å². The second kappa shape index (κ2) is 10.3. The highest BCUT2D eigenvalue weighted by Gasteiger charge is 2.52. The molecule has 1 unspecified atom stereocenters. The predicted molar refractivity (Wildman–Crippen MR) is 137 cm³/mol. The van der Waals surface area contributed by atoms with Crippen molar-refractivity contribution in [1.29, 1.82) is 0 Å². The molecule has 0 radical (unpaired) electrons. The lowest BCUT2D eigenvalue weighted by molar-refractivity contribution is -0.132. The van der Waals surface area contributed by atoms with Crippen molar-refractivity contribution in [3.63, 3.8) is 0 Å². The molecule has 194 valence electrons. The van der Waals surface area contributed by atoms with Crippen molar-refractivity contribution in [2.45, 2.75) is 18.5 Å². The number of imide groups is 1. The molecule has 3 amide bonds. The van der Waals surface area contributed by atoms with Gasteiger partial charge in [0.25, 0.3) is 5.91 Å². The minimum absolute atomic E-state index is 0.0980. The molecule has 4 aromatic rings. The van der Waals surface area contributed by atoms with Gasteiger partial charge in [0, 0.05) is 12.0 Å². The maximum Gasteiger partial charge on any atom is 0.325 e. The van der Waals surface area contributed by atoms with Gasteiger partial charge in [0.2, 0.25) is 17.5 Å². The second-order valence-electron chi connectivity index (χ2n) is 8.68. The van der Waals surface area contributed by atoms with Crippen molar-refractivity contribution >= 4 is 11.9 Å². The monoisotopic (exact) mass is 514 g/mol. The molecule has 0 saturated carbocycles. The number of amides is 3. The zero-order chi connectivity index (χ0) is 26.7. The smallest absolute Gasteiger partial charge is 0.325 e. The first-order chi connectivity index (χ1) is 18.5. The fourth-order valence-corrected chi connectivity index (χ4v) is 4.59. The molecule has 2 heterocycles. The van der Waals surface area contributed by atoms with Crippen LogP contribution in [0.15, 0.2) is 77.3 Å². The third-order valence-corrected chi connectivity index (χ3v) is 6.44. The van der Waals surface area contributed by atoms with Crippen molar-refractivity contribution < 1.29 is 28.3 Å². The molecule has 1 saturated heterocycles. The van der Waals surface area contributed by atoms with E-state index in [1.54, 1.807) is 12.1 Å². The Morgan fingerprint density at radius 3 is 2.13 bits per heavy atom. The van der Waals surface area contributed by atoms with Crippen LogP contribution in [0.1, 0.15) is 17.0 Å². The minimum atomic E-state index is -1.26. The maximum absolute atomic E-state index is 13.9. The summed E-state index contributed by atoms with van der Waals surface area (Å²) < 4.78 is 21.6. The van der Waals surface area contributed by atoms with Crippen LogP contribution in [-0.4, -0.2) is 48.3 Å². The standard InChI is InChI=1S/C28H26N4O6/c1-35-21-14-19(15-22(36-2)24(21)37-3)25-29-23(38-31-25)17-32-26(33)28(30-27(32)34,20-12-8-5-9-13-20)16-18-10-6-4-7-11-18/h4-15H,16-17H2,1-3H3,(H,30,34). The normalized spacial score (nSPS) is 16.9. The third-order valence-electron chi connectivity index (χ3n) is 6.44. The average Bonchev–Trinajstić information content (AvgIpc) is 3.52. The van der Waals surface area contributed by atoms with Gasteiger partial charge >= 0.3 is 6.03 Å². The first kappa shape index (κ1) is 24.8. The minimum Gasteiger partial charge on any atom is -0.493 e. The molecule has 0 aliphatic carbocycles. The number of benzene rings is 3. The summed E-state index contributed by atoms with van der Waals surface area (Å²) in [4.78, 5) is 32.5. The van der Waals surface area contributed by atoms with Gasteiger partial charge in [-0.15, -0.1) is 0 Å². The lowest BCUT2D eigenvalue weighted by atomic mass is 9.83. The molecule has 3 aromatic carbocycles. The van der Waals surface area contributed by atoms with Crippen LogP contribution >= 0.6 is 0 Å². The van der Waals surface area contributed by atoms with Crippen LogP contribution in [0.3, 0.4) is 0 Å². The van der Waals surface area contributed by atoms with Gasteiger partial charge in [-0.25, -0.2) is 4.79 Å². The number of methoxy groups -OCH3 is 3. The van der Waals surface area contributed by atoms with E-state index >= 15 is 0 Å². The molecule has 1 N–H and O–H groups in total. The Hall–Kier alpha value is -4.86. The molecule has 10 heteroatoms. The molecule has 0 spiro atoms. The first-order valence-corrected chi connectivity index (χ1v) is 11.9. The highest BCUT2D eigenvalue weighted by Crippen LogP contribution is 2.40. The summed E-state index contributed by atoms with van der Waals surface area (Å²) in [6, 6.07) is 21.6. The van der Waals surface area contributed by atoms with Gasteiger partial charge in [0.05, 0.1) is 21.3 Å². The number of rotatable bonds is 9. The van der Waals surface area contributed by atoms with Crippen LogP contribution in [-0.2, 0) is 23.3 Å². The second-order valence-corrected chi connectivity index (χ2v) is 8.68. The zero-order valence-electron chi connectivity index (χ0n) is 21.1. The Bertz CT molecular complexity index is 1430. The van der Waals surface area contributed by atoms with E-state index in [0.29, 0.717) is 34.8 Å². The molecular weight excluding hydrogens is 488 g/mol. The van der Waals surface area contributed by atoms with Crippen LogP contribution in [0, 0.1) is 0 Å². The van der Waals surface area contributed by atoms with Crippen LogP contribution in [0.5, 0.6) is 17.2 Å². The van der Waals surface area contributed by atoms with E-state index in [0.717, 1.165) is 10.5 Å². The summed E-state index contributed by atoms with van der Waals surface area (Å²) in [5.41, 5.74) is 0.885. The number of ether oxygens (including phenoxy) is 3. The van der Waals surface area contributed by atoms with E-state index in [-0.39, 0.29) is 18.3 Å². The van der Waals surface area contributed by atoms with Crippen LogP contribution in [0.25, 0.3) is 11.4 Å². The van der Waals surface area contributed by atoms with Gasteiger partial charge in [-0.2, -0.15) is 4.98 Å². The zero-order valence-corrected chi connectivity index (χ0v) is 21.1. The molecule has 1 aromatic heterocycles. The van der Waals surface area contributed by atoms with Gasteiger partial charge in [0.1, 0.15) is 6.54 Å². The third kappa shape index (κ3) is 4.40. The maximum atomic E-state index is 13.9. The number of carbonyl (C=O) groups excluding carboxylic acids is 2. The molecule has 0 bridgehead atoms. The average molecular weight is 515 g/mol. The predicted octanol–water partition coefficient (Wildman–Crippen LogP) is 3.95. The topological polar surface area (TPSA) is 116 Å². The first-order valence-electron chi connectivity index (χ1n) is 11.9. The number of aromatic nitrogens is 2. The van der Waals surface area contributed by atoms with Gasteiger partial charge < -0.3 is 24.1 Å². The molecular formula is C28H26N4O6. The van der Waals surface area contributed by atoms with Crippen LogP contribution in [0.2, 0.25) is 0 Å². The summed E-state index contributed by atoms with van der Waals surface area (Å²) in [5.74, 6) is 1.22. The van der Waals surface area contributed by atoms with E-state index in [4.69, 9.17) is 18.7 Å². The van der Waals surface area contributed by atoms with E-state index in [2.05, 4.69) is 15.5 Å². The Morgan fingerprint density at radius 1 is 0.895 bits per heavy atom. The summed E-state index contributed by atoms with van der Waals surface area (Å²) in [6.45, 7) is -0.189. The number of hydrogen-bond acceptors (Lipinski definition) is 8. The Kier molecular flexibility index (Phi) is 6.69. The lowest BCUT2D eigenvalue weighted by Crippen LogP contribution is -2.46. The van der Waals surface area contributed by atoms with Crippen molar-refractivity contribution in [1.82, 2.24) is 20.4 Å². The highest BCUT2D eigenvalue weighted by atomic mass is 16.5. The van der Waals surface area contributed by atoms with E-state index in [9.17, 15) is 9.59 Å². The van der Waals surface area contributed by atoms with E-state index in [1.807, 2.05) is 60.7 Å². The largest absolute Gasteiger partial charge is 0.493 e. The van der Waals surface area contributed by atoms with E-state index < -0.39 is 17.5 Å². The van der Waals surface area contributed by atoms with Crippen molar-refractivity contribution in [3.8, 4) is 28.6 Å². The SMILES string of the molecule is COc1cc(-c2noc(CN3C(=O)NC(Cc4ccccc4)(c4ccccc4)C3=O)n2)cc(OC)c1OC. The van der Waals surface area contributed by atoms with Gasteiger partial charge in [-0.3, -0.25) is 9.69 Å². The van der Waals surface area contributed by atoms with Gasteiger partial charge in [-0.1, -0.05) is 65.8 Å². The molecule has 1 aliphatic rings. The lowest BCUT2D eigenvalue weighted by Gasteiger charge is -2.27. The number of nitrogens with one attached hydrogen (secondary N) is 1. The van der Waals surface area contributed by atoms with Crippen molar-refractivity contribution in [2.75, 3.05) is 21.3 Å². The molecule has 1 aliphatic heterocycles. The summed E-state index contributed by atoms with van der Waals surface area (Å²) in [6.07, 6.45) is 0.291. The fourth-order valence-electron chi connectivity index (χ4n) is 4.59. The Balaban J connectivity index is 1.44. The van der Waals surface area contributed by atoms with Crippen LogP contribution in [0.4, 0.5) is 4.79 Å². The number of carbonyl (C=O) groups is 2. The molecule has 38 heavy (non-hydrogen) atoms. The summed E-state index contributed by atoms with van der Waals surface area (Å²) in [5, 5.41) is 6.97. The summed E-state index contributed by atoms with van der Waals surface area (Å²) in [7, 11) is 4.53. The number of urea groups is 1. The number of nitrogens with zero attached hydrogens (tertiary/aromatic N) is 3. The quantitative estimate of drug-likeness (QED) is 0.334. The van der Waals surface area contributed by atoms with Gasteiger partial charge in [-0.05, 0) is 23.3 Å². The number of hydrogen-bond donors (Lipinski definition) is 1. The van der Waals surface area contributed by atoms with Gasteiger partial charge in [0.15, 0.2) is 17.0 Å². The van der Waals surface area contributed by atoms with Crippen molar-refractivity contribution in [3.05, 3.63) is 89.8 Å². The Morgan fingerprint density at radius 2 is 1.53 bits per heavy atom. The molecule has 10 nitrogen and oxygen atoms in total. The highest BCUT2D eigenvalue weighted by molar-refractivity contribution is 6.07. The van der Waals surface area contributed by atoms with Crippen LogP contribution < -0.4 is 19.5 Å². The molecule has 1 atom stereocenters. The molecule has 1 fully saturated rings. The Labute approximate surface area is 219 Å². The summed E-state index contributed by atoms with van der Waals surface area (Å²) >= 11 is 0.